The predicted molar refractivity (Wildman–Crippen MR) is 59.7 cm³/mol. The number of hydrogen-bond acceptors (Lipinski definition) is 3. The van der Waals surface area contributed by atoms with E-state index in [1.165, 1.54) is 18.6 Å². The maximum Gasteiger partial charge on any atom is 0.101 e. The zero-order valence-electron chi connectivity index (χ0n) is 8.68. The molecule has 0 aliphatic rings. The Hall–Kier alpha value is -0.200. The summed E-state index contributed by atoms with van der Waals surface area (Å²) < 4.78 is 0. The first kappa shape index (κ1) is 12.8. The molecule has 76 valence electrons. The highest BCUT2D eigenvalue weighted by atomic mass is 32.2. The SMILES string of the molecule is CCCCSCCCC(C)(N)C#N. The molecule has 0 aromatic rings. The summed E-state index contributed by atoms with van der Waals surface area (Å²) in [6.07, 6.45) is 4.42. The third-order valence-electron chi connectivity index (χ3n) is 1.88. The summed E-state index contributed by atoms with van der Waals surface area (Å²) in [5.74, 6) is 2.37. The smallest absolute Gasteiger partial charge is 0.101 e. The van der Waals surface area contributed by atoms with Crippen LogP contribution in [0.4, 0.5) is 0 Å². The molecule has 3 heteroatoms. The number of rotatable bonds is 7. The zero-order chi connectivity index (χ0) is 10.2. The molecule has 0 aliphatic heterocycles. The molecule has 0 spiro atoms. The van der Waals surface area contributed by atoms with Crippen LogP contribution in [0.15, 0.2) is 0 Å². The predicted octanol–water partition coefficient (Wildman–Crippen LogP) is 2.54. The average Bonchev–Trinajstić information content (AvgIpc) is 2.11. The molecule has 0 saturated carbocycles. The monoisotopic (exact) mass is 200 g/mol. The second-order valence-corrected chi connectivity index (χ2v) is 4.82. The molecular formula is C10H20N2S. The number of hydrogen-bond donors (Lipinski definition) is 1. The van der Waals surface area contributed by atoms with E-state index in [0.717, 1.165) is 18.6 Å². The van der Waals surface area contributed by atoms with Crippen molar-refractivity contribution < 1.29 is 0 Å². The summed E-state index contributed by atoms with van der Waals surface area (Å²) in [6.45, 7) is 4.00. The first-order valence-electron chi connectivity index (χ1n) is 4.90. The summed E-state index contributed by atoms with van der Waals surface area (Å²) >= 11 is 1.96. The van der Waals surface area contributed by atoms with Gasteiger partial charge in [-0.2, -0.15) is 17.0 Å². The van der Waals surface area contributed by atoms with E-state index in [4.69, 9.17) is 11.0 Å². The molecular weight excluding hydrogens is 180 g/mol. The lowest BCUT2D eigenvalue weighted by atomic mass is 10.0. The van der Waals surface area contributed by atoms with Gasteiger partial charge in [-0.15, -0.1) is 0 Å². The first-order valence-corrected chi connectivity index (χ1v) is 6.05. The highest BCUT2D eigenvalue weighted by Crippen LogP contribution is 2.12. The Morgan fingerprint density at radius 3 is 2.54 bits per heavy atom. The lowest BCUT2D eigenvalue weighted by Gasteiger charge is -2.14. The van der Waals surface area contributed by atoms with Gasteiger partial charge < -0.3 is 5.73 Å². The van der Waals surface area contributed by atoms with Crippen LogP contribution in [0.1, 0.15) is 39.5 Å². The molecule has 0 aromatic heterocycles. The van der Waals surface area contributed by atoms with Crippen LogP contribution in [0, 0.1) is 11.3 Å². The van der Waals surface area contributed by atoms with Crippen LogP contribution >= 0.6 is 11.8 Å². The van der Waals surface area contributed by atoms with Crippen molar-refractivity contribution >= 4 is 11.8 Å². The van der Waals surface area contributed by atoms with Gasteiger partial charge in [-0.3, -0.25) is 0 Å². The van der Waals surface area contributed by atoms with Gasteiger partial charge in [0.1, 0.15) is 5.54 Å². The van der Waals surface area contributed by atoms with Gasteiger partial charge >= 0.3 is 0 Å². The Labute approximate surface area is 85.9 Å². The number of nitriles is 1. The lowest BCUT2D eigenvalue weighted by molar-refractivity contribution is 0.540. The first-order chi connectivity index (χ1) is 6.12. The van der Waals surface area contributed by atoms with E-state index >= 15 is 0 Å². The molecule has 1 atom stereocenters. The van der Waals surface area contributed by atoms with Crippen LogP contribution in [0.3, 0.4) is 0 Å². The largest absolute Gasteiger partial charge is 0.314 e. The minimum atomic E-state index is -0.620. The van der Waals surface area contributed by atoms with E-state index in [1.807, 2.05) is 11.8 Å². The van der Waals surface area contributed by atoms with E-state index in [1.54, 1.807) is 6.92 Å². The van der Waals surface area contributed by atoms with Crippen molar-refractivity contribution in [2.45, 2.75) is 45.1 Å². The third-order valence-corrected chi connectivity index (χ3v) is 3.04. The lowest BCUT2D eigenvalue weighted by Crippen LogP contribution is -2.33. The molecule has 0 amide bonds. The Bertz CT molecular complexity index is 161. The van der Waals surface area contributed by atoms with E-state index in [0.29, 0.717) is 0 Å². The van der Waals surface area contributed by atoms with Crippen molar-refractivity contribution in [3.63, 3.8) is 0 Å². The normalized spacial score (nSPS) is 14.9. The fraction of sp³-hybridized carbons (Fsp3) is 0.900. The summed E-state index contributed by atoms with van der Waals surface area (Å²) in [7, 11) is 0. The number of unbranched alkanes of at least 4 members (excludes halogenated alkanes) is 1. The number of nitrogens with zero attached hydrogens (tertiary/aromatic N) is 1. The van der Waals surface area contributed by atoms with Gasteiger partial charge in [0.05, 0.1) is 6.07 Å². The highest BCUT2D eigenvalue weighted by molar-refractivity contribution is 7.99. The fourth-order valence-electron chi connectivity index (χ4n) is 0.946. The molecule has 0 radical (unpaired) electrons. The molecule has 0 aromatic carbocycles. The summed E-state index contributed by atoms with van der Waals surface area (Å²) in [4.78, 5) is 0. The Morgan fingerprint density at radius 1 is 1.38 bits per heavy atom. The van der Waals surface area contributed by atoms with Crippen LogP contribution < -0.4 is 5.73 Å². The van der Waals surface area contributed by atoms with Gasteiger partial charge in [-0.25, -0.2) is 0 Å². The molecule has 1 unspecified atom stereocenters. The van der Waals surface area contributed by atoms with E-state index in [2.05, 4.69) is 13.0 Å². The van der Waals surface area contributed by atoms with Crippen molar-refractivity contribution in [1.82, 2.24) is 0 Å². The minimum absolute atomic E-state index is 0.620. The molecule has 0 aliphatic carbocycles. The second kappa shape index (κ2) is 7.23. The Morgan fingerprint density at radius 2 is 2.00 bits per heavy atom. The van der Waals surface area contributed by atoms with Crippen molar-refractivity contribution in [2.75, 3.05) is 11.5 Å². The minimum Gasteiger partial charge on any atom is -0.314 e. The highest BCUT2D eigenvalue weighted by Gasteiger charge is 2.15. The van der Waals surface area contributed by atoms with Crippen LogP contribution in [-0.2, 0) is 0 Å². The topological polar surface area (TPSA) is 49.8 Å². The third kappa shape index (κ3) is 8.14. The van der Waals surface area contributed by atoms with E-state index in [9.17, 15) is 0 Å². The molecule has 0 rings (SSSR count). The fourth-order valence-corrected chi connectivity index (χ4v) is 1.99. The molecule has 0 saturated heterocycles. The zero-order valence-corrected chi connectivity index (χ0v) is 9.49. The average molecular weight is 200 g/mol. The number of thioether (sulfide) groups is 1. The van der Waals surface area contributed by atoms with Crippen molar-refractivity contribution in [3.05, 3.63) is 0 Å². The van der Waals surface area contributed by atoms with Crippen molar-refractivity contribution in [2.24, 2.45) is 5.73 Å². The summed E-state index contributed by atoms with van der Waals surface area (Å²) in [6, 6.07) is 2.11. The van der Waals surface area contributed by atoms with Crippen LogP contribution in [0.5, 0.6) is 0 Å². The molecule has 2 nitrogen and oxygen atoms in total. The van der Waals surface area contributed by atoms with Gasteiger partial charge in [0, 0.05) is 0 Å². The van der Waals surface area contributed by atoms with Gasteiger partial charge in [0.25, 0.3) is 0 Å². The van der Waals surface area contributed by atoms with E-state index in [-0.39, 0.29) is 0 Å². The quantitative estimate of drug-likeness (QED) is 0.642. The van der Waals surface area contributed by atoms with Gasteiger partial charge in [-0.1, -0.05) is 13.3 Å². The van der Waals surface area contributed by atoms with Crippen molar-refractivity contribution in [3.8, 4) is 6.07 Å². The summed E-state index contributed by atoms with van der Waals surface area (Å²) in [5, 5.41) is 8.65. The van der Waals surface area contributed by atoms with Crippen LogP contribution in [0.25, 0.3) is 0 Å². The molecule has 13 heavy (non-hydrogen) atoms. The maximum absolute atomic E-state index is 8.65. The Balaban J connectivity index is 3.22. The molecule has 0 fully saturated rings. The Kier molecular flexibility index (Phi) is 7.12. The molecule has 0 bridgehead atoms. The molecule has 2 N–H and O–H groups in total. The van der Waals surface area contributed by atoms with Crippen molar-refractivity contribution in [1.29, 1.82) is 5.26 Å². The maximum atomic E-state index is 8.65. The van der Waals surface area contributed by atoms with Gasteiger partial charge in [0.2, 0.25) is 0 Å². The van der Waals surface area contributed by atoms with Gasteiger partial charge in [-0.05, 0) is 37.7 Å². The number of nitrogens with two attached hydrogens (primary N) is 1. The summed E-state index contributed by atoms with van der Waals surface area (Å²) in [5.41, 5.74) is 5.07. The van der Waals surface area contributed by atoms with E-state index < -0.39 is 5.54 Å². The molecule has 0 heterocycles. The van der Waals surface area contributed by atoms with Crippen LogP contribution in [-0.4, -0.2) is 17.0 Å². The van der Waals surface area contributed by atoms with Gasteiger partial charge in [0.15, 0.2) is 0 Å². The second-order valence-electron chi connectivity index (χ2n) is 3.60. The standard InChI is InChI=1S/C10H20N2S/c1-3-4-7-13-8-5-6-10(2,12)9-11/h3-8,12H2,1-2H3. The van der Waals surface area contributed by atoms with Crippen LogP contribution in [0.2, 0.25) is 0 Å².